The Balaban J connectivity index is 2.05. The van der Waals surface area contributed by atoms with Crippen molar-refractivity contribution in [3.05, 3.63) is 29.8 Å². The van der Waals surface area contributed by atoms with Crippen molar-refractivity contribution in [2.75, 3.05) is 18.8 Å². The number of carbonyl (C=O) groups excluding carboxylic acids is 1. The van der Waals surface area contributed by atoms with Gasteiger partial charge in [0.2, 0.25) is 0 Å². The molecule has 0 radical (unpaired) electrons. The third-order valence-electron chi connectivity index (χ3n) is 2.72. The fraction of sp³-hybridized carbons (Fsp3) is 0.562. The summed E-state index contributed by atoms with van der Waals surface area (Å²) in [6, 6.07) is 7.91. The highest BCUT2D eigenvalue weighted by atomic mass is 16.6. The molecule has 0 fully saturated rings. The predicted octanol–water partition coefficient (Wildman–Crippen LogP) is 2.52. The Kier molecular flexibility index (Phi) is 6.52. The lowest BCUT2D eigenvalue weighted by atomic mass is 10.1. The summed E-state index contributed by atoms with van der Waals surface area (Å²) in [6.45, 7) is 7.38. The van der Waals surface area contributed by atoms with Crippen LogP contribution in [0.5, 0.6) is 0 Å². The van der Waals surface area contributed by atoms with E-state index in [1.807, 2.05) is 45.0 Å². The van der Waals surface area contributed by atoms with Gasteiger partial charge in [0.15, 0.2) is 0 Å². The first-order chi connectivity index (χ1) is 9.37. The standard InChI is InChI=1S/C16H26N2O2/c1-16(2,3)20-15(19)5-4-11-18-12-10-13-6-8-14(17)9-7-13/h6-9,18H,4-5,10-12,17H2,1-3H3. The van der Waals surface area contributed by atoms with Crippen molar-refractivity contribution in [1.82, 2.24) is 5.32 Å². The molecule has 0 aliphatic heterocycles. The average molecular weight is 278 g/mol. The van der Waals surface area contributed by atoms with Gasteiger partial charge < -0.3 is 15.8 Å². The molecule has 0 aliphatic carbocycles. The van der Waals surface area contributed by atoms with Gasteiger partial charge in [-0.25, -0.2) is 0 Å². The molecule has 1 rings (SSSR count). The van der Waals surface area contributed by atoms with Crippen LogP contribution in [0.1, 0.15) is 39.2 Å². The molecule has 0 spiro atoms. The molecular formula is C16H26N2O2. The van der Waals surface area contributed by atoms with E-state index in [-0.39, 0.29) is 11.6 Å². The molecule has 4 nitrogen and oxygen atoms in total. The Hall–Kier alpha value is -1.55. The van der Waals surface area contributed by atoms with Gasteiger partial charge in [0.25, 0.3) is 0 Å². The van der Waals surface area contributed by atoms with Crippen LogP contribution in [0.15, 0.2) is 24.3 Å². The maximum Gasteiger partial charge on any atom is 0.306 e. The predicted molar refractivity (Wildman–Crippen MR) is 82.5 cm³/mol. The largest absolute Gasteiger partial charge is 0.460 e. The maximum absolute atomic E-state index is 11.5. The minimum Gasteiger partial charge on any atom is -0.460 e. The van der Waals surface area contributed by atoms with Gasteiger partial charge in [0.1, 0.15) is 5.60 Å². The van der Waals surface area contributed by atoms with E-state index in [4.69, 9.17) is 10.5 Å². The summed E-state index contributed by atoms with van der Waals surface area (Å²) >= 11 is 0. The molecule has 0 amide bonds. The van der Waals surface area contributed by atoms with E-state index in [0.717, 1.165) is 31.6 Å². The zero-order chi connectivity index (χ0) is 15.0. The molecule has 0 bridgehead atoms. The minimum absolute atomic E-state index is 0.127. The molecule has 0 saturated heterocycles. The molecule has 0 heterocycles. The highest BCUT2D eigenvalue weighted by Crippen LogP contribution is 2.09. The van der Waals surface area contributed by atoms with Crippen molar-refractivity contribution in [3.8, 4) is 0 Å². The second-order valence-electron chi connectivity index (χ2n) is 5.93. The summed E-state index contributed by atoms with van der Waals surface area (Å²) in [6.07, 6.45) is 2.23. The Labute approximate surface area is 121 Å². The van der Waals surface area contributed by atoms with Crippen LogP contribution in [-0.2, 0) is 16.0 Å². The van der Waals surface area contributed by atoms with Crippen molar-refractivity contribution in [3.63, 3.8) is 0 Å². The number of rotatable bonds is 7. The first kappa shape index (κ1) is 16.5. The van der Waals surface area contributed by atoms with E-state index in [0.29, 0.717) is 6.42 Å². The van der Waals surface area contributed by atoms with Crippen LogP contribution in [0, 0.1) is 0 Å². The molecule has 0 atom stereocenters. The average Bonchev–Trinajstić information content (AvgIpc) is 2.33. The molecule has 0 aromatic heterocycles. The molecule has 112 valence electrons. The first-order valence-electron chi connectivity index (χ1n) is 7.14. The number of benzene rings is 1. The lowest BCUT2D eigenvalue weighted by Crippen LogP contribution is -2.25. The maximum atomic E-state index is 11.5. The molecule has 1 aromatic carbocycles. The Bertz CT molecular complexity index is 407. The Morgan fingerprint density at radius 2 is 1.85 bits per heavy atom. The summed E-state index contributed by atoms with van der Waals surface area (Å²) in [4.78, 5) is 11.5. The third-order valence-corrected chi connectivity index (χ3v) is 2.72. The van der Waals surface area contributed by atoms with Gasteiger partial charge in [0.05, 0.1) is 0 Å². The molecule has 0 unspecified atom stereocenters. The van der Waals surface area contributed by atoms with Gasteiger partial charge >= 0.3 is 5.97 Å². The van der Waals surface area contributed by atoms with E-state index in [1.54, 1.807) is 0 Å². The SMILES string of the molecule is CC(C)(C)OC(=O)CCCNCCc1ccc(N)cc1. The smallest absolute Gasteiger partial charge is 0.306 e. The van der Waals surface area contributed by atoms with Crippen LogP contribution in [-0.4, -0.2) is 24.7 Å². The summed E-state index contributed by atoms with van der Waals surface area (Å²) in [5.41, 5.74) is 7.30. The van der Waals surface area contributed by atoms with Crippen LogP contribution in [0.3, 0.4) is 0 Å². The summed E-state index contributed by atoms with van der Waals surface area (Å²) in [7, 11) is 0. The highest BCUT2D eigenvalue weighted by Gasteiger charge is 2.15. The van der Waals surface area contributed by atoms with Crippen LogP contribution < -0.4 is 11.1 Å². The number of nitrogen functional groups attached to an aromatic ring is 1. The summed E-state index contributed by atoms with van der Waals surface area (Å²) in [5.74, 6) is -0.127. The zero-order valence-electron chi connectivity index (χ0n) is 12.7. The van der Waals surface area contributed by atoms with E-state index >= 15 is 0 Å². The van der Waals surface area contributed by atoms with Crippen molar-refractivity contribution in [2.24, 2.45) is 0 Å². The molecule has 3 N–H and O–H groups in total. The van der Waals surface area contributed by atoms with Gasteiger partial charge in [-0.15, -0.1) is 0 Å². The number of hydrogen-bond acceptors (Lipinski definition) is 4. The number of ether oxygens (including phenoxy) is 1. The minimum atomic E-state index is -0.389. The normalized spacial score (nSPS) is 11.3. The summed E-state index contributed by atoms with van der Waals surface area (Å²) in [5, 5.41) is 3.33. The monoisotopic (exact) mass is 278 g/mol. The molecule has 4 heteroatoms. The molecule has 0 saturated carbocycles. The van der Waals surface area contributed by atoms with E-state index < -0.39 is 0 Å². The van der Waals surface area contributed by atoms with E-state index in [1.165, 1.54) is 5.56 Å². The first-order valence-corrected chi connectivity index (χ1v) is 7.14. The van der Waals surface area contributed by atoms with Gasteiger partial charge in [-0.1, -0.05) is 12.1 Å². The fourth-order valence-corrected chi connectivity index (χ4v) is 1.79. The van der Waals surface area contributed by atoms with Crippen molar-refractivity contribution in [2.45, 2.75) is 45.6 Å². The third kappa shape index (κ3) is 7.79. The van der Waals surface area contributed by atoms with Crippen LogP contribution in [0.25, 0.3) is 0 Å². The van der Waals surface area contributed by atoms with Crippen molar-refractivity contribution in [1.29, 1.82) is 0 Å². The molecular weight excluding hydrogens is 252 g/mol. The van der Waals surface area contributed by atoms with Crippen molar-refractivity contribution < 1.29 is 9.53 Å². The number of anilines is 1. The topological polar surface area (TPSA) is 64.3 Å². The number of nitrogens with one attached hydrogen (secondary N) is 1. The van der Waals surface area contributed by atoms with E-state index in [9.17, 15) is 4.79 Å². The van der Waals surface area contributed by atoms with Crippen LogP contribution >= 0.6 is 0 Å². The van der Waals surface area contributed by atoms with Gasteiger partial charge in [-0.3, -0.25) is 4.79 Å². The zero-order valence-corrected chi connectivity index (χ0v) is 12.7. The number of nitrogens with two attached hydrogens (primary N) is 1. The van der Waals surface area contributed by atoms with Crippen LogP contribution in [0.4, 0.5) is 5.69 Å². The quantitative estimate of drug-likeness (QED) is 0.457. The number of carbonyl (C=O) groups is 1. The van der Waals surface area contributed by atoms with Crippen LogP contribution in [0.2, 0.25) is 0 Å². The van der Waals surface area contributed by atoms with E-state index in [2.05, 4.69) is 5.32 Å². The lowest BCUT2D eigenvalue weighted by molar-refractivity contribution is -0.154. The number of hydrogen-bond donors (Lipinski definition) is 2. The molecule has 20 heavy (non-hydrogen) atoms. The summed E-state index contributed by atoms with van der Waals surface area (Å²) < 4.78 is 5.25. The number of esters is 1. The van der Waals surface area contributed by atoms with Crippen molar-refractivity contribution >= 4 is 11.7 Å². The second-order valence-corrected chi connectivity index (χ2v) is 5.93. The Morgan fingerprint density at radius 1 is 1.20 bits per heavy atom. The second kappa shape index (κ2) is 7.90. The lowest BCUT2D eigenvalue weighted by Gasteiger charge is -2.19. The Morgan fingerprint density at radius 3 is 2.45 bits per heavy atom. The van der Waals surface area contributed by atoms with Gasteiger partial charge in [0, 0.05) is 12.1 Å². The molecule has 1 aromatic rings. The molecule has 0 aliphatic rings. The van der Waals surface area contributed by atoms with Gasteiger partial charge in [-0.2, -0.15) is 0 Å². The van der Waals surface area contributed by atoms with Gasteiger partial charge in [-0.05, 0) is 64.4 Å². The highest BCUT2D eigenvalue weighted by molar-refractivity contribution is 5.69. The fourth-order valence-electron chi connectivity index (χ4n) is 1.79.